The molecule has 0 unspecified atom stereocenters. The van der Waals surface area contributed by atoms with Crippen LogP contribution in [0.15, 0.2) is 60.0 Å². The number of hydrogen-bond acceptors (Lipinski definition) is 8. The van der Waals surface area contributed by atoms with Crippen LogP contribution in [0, 0.1) is 5.82 Å². The van der Waals surface area contributed by atoms with Gasteiger partial charge in [-0.05, 0) is 24.3 Å². The number of para-hydroxylation sites is 1. The Morgan fingerprint density at radius 1 is 1.07 bits per heavy atom. The van der Waals surface area contributed by atoms with E-state index >= 15 is 0 Å². The third kappa shape index (κ3) is 4.69. The highest BCUT2D eigenvalue weighted by Gasteiger charge is 2.17. The van der Waals surface area contributed by atoms with Gasteiger partial charge in [-0.15, -0.1) is 0 Å². The third-order valence-corrected chi connectivity index (χ3v) is 4.70. The van der Waals surface area contributed by atoms with Crippen molar-refractivity contribution in [2.75, 3.05) is 48.6 Å². The lowest BCUT2D eigenvalue weighted by Crippen LogP contribution is -2.37. The molecule has 2 aromatic heterocycles. The number of aromatic nitrogens is 3. The van der Waals surface area contributed by atoms with Crippen LogP contribution in [0.3, 0.4) is 0 Å². The number of rotatable bonds is 6. The Hall–Kier alpha value is -3.59. The van der Waals surface area contributed by atoms with Crippen LogP contribution in [0.25, 0.3) is 0 Å². The van der Waals surface area contributed by atoms with Crippen LogP contribution >= 0.6 is 0 Å². The van der Waals surface area contributed by atoms with Crippen molar-refractivity contribution in [2.24, 2.45) is 5.10 Å². The summed E-state index contributed by atoms with van der Waals surface area (Å²) in [5.41, 5.74) is 5.44. The van der Waals surface area contributed by atoms with Crippen molar-refractivity contribution in [3.8, 4) is 0 Å². The second kappa shape index (κ2) is 9.27. The molecule has 3 heterocycles. The van der Waals surface area contributed by atoms with Crippen LogP contribution in [0.5, 0.6) is 0 Å². The van der Waals surface area contributed by atoms with E-state index in [2.05, 4.69) is 25.5 Å². The van der Waals surface area contributed by atoms with Gasteiger partial charge >= 0.3 is 0 Å². The zero-order valence-electron chi connectivity index (χ0n) is 16.6. The Morgan fingerprint density at radius 2 is 1.87 bits per heavy atom. The normalized spacial score (nSPS) is 14.1. The summed E-state index contributed by atoms with van der Waals surface area (Å²) < 4.78 is 19.4. The highest BCUT2D eigenvalue weighted by Crippen LogP contribution is 2.22. The fourth-order valence-electron chi connectivity index (χ4n) is 3.04. The maximum absolute atomic E-state index is 14.1. The standard InChI is InChI=1S/C21H22FN7O/c1-28(17-5-3-2-4-6-17)18-8-7-16(23-14-18)13-25-27-21-24-15-19(22)20(26-21)29-9-11-30-12-10-29/h2-8,13-15H,9-12H2,1H3,(H,24,26,27)/b25-13+. The molecule has 1 fully saturated rings. The topological polar surface area (TPSA) is 78.8 Å². The molecule has 1 aromatic carbocycles. The number of benzene rings is 1. The smallest absolute Gasteiger partial charge is 0.245 e. The fourth-order valence-corrected chi connectivity index (χ4v) is 3.04. The average molecular weight is 407 g/mol. The van der Waals surface area contributed by atoms with Gasteiger partial charge in [0.15, 0.2) is 11.6 Å². The summed E-state index contributed by atoms with van der Waals surface area (Å²) in [5, 5.41) is 4.12. The molecule has 1 aliphatic rings. The molecule has 3 aromatic rings. The summed E-state index contributed by atoms with van der Waals surface area (Å²) >= 11 is 0. The van der Waals surface area contributed by atoms with Crippen LogP contribution in [0.2, 0.25) is 0 Å². The molecule has 4 rings (SSSR count). The number of nitrogens with zero attached hydrogens (tertiary/aromatic N) is 6. The minimum atomic E-state index is -0.466. The lowest BCUT2D eigenvalue weighted by Gasteiger charge is -2.27. The summed E-state index contributed by atoms with van der Waals surface area (Å²) in [6, 6.07) is 13.9. The maximum atomic E-state index is 14.1. The molecule has 0 atom stereocenters. The van der Waals surface area contributed by atoms with E-state index in [1.807, 2.05) is 59.3 Å². The molecule has 0 aliphatic carbocycles. The van der Waals surface area contributed by atoms with Gasteiger partial charge in [-0.1, -0.05) is 18.2 Å². The largest absolute Gasteiger partial charge is 0.378 e. The minimum absolute atomic E-state index is 0.217. The van der Waals surface area contributed by atoms with E-state index in [1.165, 1.54) is 0 Å². The van der Waals surface area contributed by atoms with Crippen molar-refractivity contribution >= 4 is 29.4 Å². The summed E-state index contributed by atoms with van der Waals surface area (Å²) in [4.78, 5) is 16.5. The molecule has 1 aliphatic heterocycles. The lowest BCUT2D eigenvalue weighted by molar-refractivity contribution is 0.122. The molecular weight excluding hydrogens is 385 g/mol. The van der Waals surface area contributed by atoms with Crippen molar-refractivity contribution < 1.29 is 9.13 Å². The van der Waals surface area contributed by atoms with E-state index in [4.69, 9.17) is 4.74 Å². The number of ether oxygens (including phenoxy) is 1. The molecular formula is C21H22FN7O. The van der Waals surface area contributed by atoms with E-state index in [-0.39, 0.29) is 11.8 Å². The van der Waals surface area contributed by atoms with Crippen LogP contribution in [0.4, 0.5) is 27.5 Å². The third-order valence-electron chi connectivity index (χ3n) is 4.70. The highest BCUT2D eigenvalue weighted by molar-refractivity contribution is 5.78. The number of morpholine rings is 1. The quantitative estimate of drug-likeness (QED) is 0.497. The molecule has 1 saturated heterocycles. The molecule has 8 nitrogen and oxygen atoms in total. The van der Waals surface area contributed by atoms with Gasteiger partial charge in [0.2, 0.25) is 5.95 Å². The van der Waals surface area contributed by atoms with Crippen LogP contribution < -0.4 is 15.2 Å². The molecule has 0 spiro atoms. The Labute approximate surface area is 174 Å². The zero-order chi connectivity index (χ0) is 20.8. The molecule has 9 heteroatoms. The zero-order valence-corrected chi connectivity index (χ0v) is 16.6. The van der Waals surface area contributed by atoms with E-state index in [9.17, 15) is 4.39 Å². The molecule has 0 amide bonds. The summed E-state index contributed by atoms with van der Waals surface area (Å²) in [6.45, 7) is 2.27. The van der Waals surface area contributed by atoms with Crippen molar-refractivity contribution in [1.29, 1.82) is 0 Å². The Kier molecular flexibility index (Phi) is 6.09. The lowest BCUT2D eigenvalue weighted by atomic mass is 10.2. The van der Waals surface area contributed by atoms with Gasteiger partial charge in [0.05, 0.1) is 43.2 Å². The second-order valence-electron chi connectivity index (χ2n) is 6.67. The molecule has 0 bridgehead atoms. The van der Waals surface area contributed by atoms with E-state index in [0.717, 1.165) is 17.6 Å². The van der Waals surface area contributed by atoms with Gasteiger partial charge in [0.1, 0.15) is 0 Å². The predicted molar refractivity (Wildman–Crippen MR) is 115 cm³/mol. The van der Waals surface area contributed by atoms with Gasteiger partial charge in [-0.25, -0.2) is 14.8 Å². The monoisotopic (exact) mass is 407 g/mol. The molecule has 0 saturated carbocycles. The number of anilines is 4. The average Bonchev–Trinajstić information content (AvgIpc) is 2.81. The maximum Gasteiger partial charge on any atom is 0.245 e. The van der Waals surface area contributed by atoms with Crippen LogP contribution in [0.1, 0.15) is 5.69 Å². The Balaban J connectivity index is 1.40. The van der Waals surface area contributed by atoms with Crippen molar-refractivity contribution in [2.45, 2.75) is 0 Å². The SMILES string of the molecule is CN(c1ccccc1)c1ccc(/C=N/Nc2ncc(F)c(N3CCOCC3)n2)nc1. The number of hydrogen-bond donors (Lipinski definition) is 1. The number of halogens is 1. The number of pyridine rings is 1. The van der Waals surface area contributed by atoms with Crippen LogP contribution in [-0.2, 0) is 4.74 Å². The second-order valence-corrected chi connectivity index (χ2v) is 6.67. The fraction of sp³-hybridized carbons (Fsp3) is 0.238. The predicted octanol–water partition coefficient (Wildman–Crippen LogP) is 3.06. The molecule has 30 heavy (non-hydrogen) atoms. The summed E-state index contributed by atoms with van der Waals surface area (Å²) in [6.07, 6.45) is 4.48. The van der Waals surface area contributed by atoms with E-state index in [1.54, 1.807) is 12.4 Å². The van der Waals surface area contributed by atoms with E-state index < -0.39 is 5.82 Å². The van der Waals surface area contributed by atoms with Gasteiger partial charge < -0.3 is 14.5 Å². The van der Waals surface area contributed by atoms with Crippen molar-refractivity contribution in [1.82, 2.24) is 15.0 Å². The molecule has 154 valence electrons. The van der Waals surface area contributed by atoms with Crippen molar-refractivity contribution in [3.05, 3.63) is 66.4 Å². The highest BCUT2D eigenvalue weighted by atomic mass is 19.1. The first-order valence-electron chi connectivity index (χ1n) is 9.60. The number of nitrogens with one attached hydrogen (secondary N) is 1. The summed E-state index contributed by atoms with van der Waals surface area (Å²) in [5.74, 6) is -0.00165. The first-order chi connectivity index (χ1) is 14.7. The first-order valence-corrected chi connectivity index (χ1v) is 9.60. The van der Waals surface area contributed by atoms with Gasteiger partial charge in [-0.2, -0.15) is 10.1 Å². The van der Waals surface area contributed by atoms with E-state index in [0.29, 0.717) is 32.0 Å². The minimum Gasteiger partial charge on any atom is -0.378 e. The Morgan fingerprint density at radius 3 is 2.60 bits per heavy atom. The molecule has 0 radical (unpaired) electrons. The van der Waals surface area contributed by atoms with Crippen LogP contribution in [-0.4, -0.2) is 54.5 Å². The van der Waals surface area contributed by atoms with Gasteiger partial charge in [-0.3, -0.25) is 4.98 Å². The summed E-state index contributed by atoms with van der Waals surface area (Å²) in [7, 11) is 1.99. The van der Waals surface area contributed by atoms with Gasteiger partial charge in [0.25, 0.3) is 0 Å². The first kappa shape index (κ1) is 19.7. The Bertz CT molecular complexity index is 992. The molecule has 1 N–H and O–H groups in total. The van der Waals surface area contributed by atoms with Gasteiger partial charge in [0, 0.05) is 25.8 Å². The van der Waals surface area contributed by atoms with Crippen molar-refractivity contribution in [3.63, 3.8) is 0 Å². The number of hydrazone groups is 1.